The fraction of sp³-hybridized carbons (Fsp3) is 1.00. The van der Waals surface area contributed by atoms with E-state index in [0.717, 1.165) is 38.6 Å². The Balaban J connectivity index is 4.32. The molecule has 5 nitrogen and oxygen atoms in total. The molecule has 0 aromatic carbocycles. The summed E-state index contributed by atoms with van der Waals surface area (Å²) < 4.78 is 22.5. The fourth-order valence-electron chi connectivity index (χ4n) is 2.67. The van der Waals surface area contributed by atoms with Crippen molar-refractivity contribution in [3.8, 4) is 0 Å². The molecule has 1 unspecified atom stereocenters. The van der Waals surface area contributed by atoms with Gasteiger partial charge in [0.05, 0.1) is 0 Å². The van der Waals surface area contributed by atoms with E-state index in [4.69, 9.17) is 18.0 Å². The highest BCUT2D eigenvalue weighted by atomic mass is 28.4. The van der Waals surface area contributed by atoms with Crippen LogP contribution in [0.1, 0.15) is 59.3 Å². The topological polar surface area (TPSA) is 40.2 Å². The summed E-state index contributed by atoms with van der Waals surface area (Å²) in [6, 6.07) is 0.789. The summed E-state index contributed by atoms with van der Waals surface area (Å²) >= 11 is 0. The van der Waals surface area contributed by atoms with Crippen molar-refractivity contribution in [2.75, 3.05) is 41.0 Å². The molecule has 6 heteroatoms. The monoisotopic (exact) mass is 349 g/mol. The van der Waals surface area contributed by atoms with Crippen LogP contribution >= 0.6 is 0 Å². The van der Waals surface area contributed by atoms with E-state index in [1.54, 1.807) is 21.3 Å². The molecule has 0 rings (SSSR count). The van der Waals surface area contributed by atoms with Crippen molar-refractivity contribution in [2.24, 2.45) is 0 Å². The van der Waals surface area contributed by atoms with Crippen molar-refractivity contribution in [1.29, 1.82) is 0 Å². The Kier molecular flexibility index (Phi) is 14.4. The molecule has 1 atom stereocenters. The summed E-state index contributed by atoms with van der Waals surface area (Å²) in [4.78, 5) is 2.50. The Morgan fingerprint density at radius 2 is 1.35 bits per heavy atom. The maximum atomic E-state index is 6.16. The second kappa shape index (κ2) is 14.4. The number of hydrogen-bond acceptors (Lipinski definition) is 5. The SMILES string of the molecule is CCCCN(CCCC)C(CC)OCCC[Si](OC)(OC)OC. The van der Waals surface area contributed by atoms with Crippen LogP contribution in [0, 0.1) is 0 Å². The van der Waals surface area contributed by atoms with Crippen LogP contribution in [0.5, 0.6) is 0 Å². The Labute approximate surface area is 145 Å². The van der Waals surface area contributed by atoms with Crippen molar-refractivity contribution >= 4 is 8.80 Å². The molecule has 0 saturated carbocycles. The van der Waals surface area contributed by atoms with E-state index >= 15 is 0 Å². The van der Waals surface area contributed by atoms with Crippen LogP contribution in [-0.2, 0) is 18.0 Å². The average Bonchev–Trinajstić information content (AvgIpc) is 2.60. The van der Waals surface area contributed by atoms with Crippen LogP contribution in [0.25, 0.3) is 0 Å². The van der Waals surface area contributed by atoms with Crippen molar-refractivity contribution in [3.05, 3.63) is 0 Å². The minimum atomic E-state index is -2.46. The van der Waals surface area contributed by atoms with Crippen LogP contribution in [-0.4, -0.2) is 61.0 Å². The third kappa shape index (κ3) is 9.17. The van der Waals surface area contributed by atoms with E-state index in [1.165, 1.54) is 25.7 Å². The summed E-state index contributed by atoms with van der Waals surface area (Å²) in [6.07, 6.45) is 7.05. The summed E-state index contributed by atoms with van der Waals surface area (Å²) in [5, 5.41) is 0. The van der Waals surface area contributed by atoms with Crippen molar-refractivity contribution in [3.63, 3.8) is 0 Å². The largest absolute Gasteiger partial charge is 0.500 e. The second-order valence-corrected chi connectivity index (χ2v) is 8.97. The lowest BCUT2D eigenvalue weighted by molar-refractivity contribution is -0.0631. The highest BCUT2D eigenvalue weighted by Gasteiger charge is 2.37. The Morgan fingerprint density at radius 3 is 1.74 bits per heavy atom. The lowest BCUT2D eigenvalue weighted by atomic mass is 10.2. The fourth-order valence-corrected chi connectivity index (χ4v) is 4.36. The van der Waals surface area contributed by atoms with Crippen molar-refractivity contribution in [2.45, 2.75) is 71.6 Å². The van der Waals surface area contributed by atoms with Gasteiger partial charge >= 0.3 is 8.80 Å². The summed E-state index contributed by atoms with van der Waals surface area (Å²) in [5.74, 6) is 0. The number of ether oxygens (including phenoxy) is 1. The zero-order valence-corrected chi connectivity index (χ0v) is 17.2. The van der Waals surface area contributed by atoms with Gasteiger partial charge in [0.25, 0.3) is 0 Å². The van der Waals surface area contributed by atoms with E-state index in [2.05, 4.69) is 25.7 Å². The second-order valence-electron chi connectivity index (χ2n) is 5.88. The minimum Gasteiger partial charge on any atom is -0.377 e. The minimum absolute atomic E-state index is 0.219. The number of unbranched alkanes of at least 4 members (excludes halogenated alkanes) is 2. The first-order valence-electron chi connectivity index (χ1n) is 9.14. The summed E-state index contributed by atoms with van der Waals surface area (Å²) in [7, 11) is 2.51. The van der Waals surface area contributed by atoms with Gasteiger partial charge in [-0.2, -0.15) is 0 Å². The molecule has 23 heavy (non-hydrogen) atoms. The molecular weight excluding hydrogens is 310 g/mol. The first-order chi connectivity index (χ1) is 11.1. The number of nitrogens with zero attached hydrogens (tertiary/aromatic N) is 1. The van der Waals surface area contributed by atoms with Crippen molar-refractivity contribution < 1.29 is 18.0 Å². The molecule has 0 aliphatic heterocycles. The lowest BCUT2D eigenvalue weighted by Crippen LogP contribution is -2.43. The van der Waals surface area contributed by atoms with E-state index in [-0.39, 0.29) is 6.23 Å². The van der Waals surface area contributed by atoms with Gasteiger partial charge < -0.3 is 18.0 Å². The molecule has 0 saturated heterocycles. The molecule has 0 aromatic heterocycles. The molecule has 0 amide bonds. The zero-order valence-electron chi connectivity index (χ0n) is 16.2. The van der Waals surface area contributed by atoms with Crippen LogP contribution in [0.4, 0.5) is 0 Å². The lowest BCUT2D eigenvalue weighted by Gasteiger charge is -2.31. The van der Waals surface area contributed by atoms with Gasteiger partial charge in [-0.3, -0.25) is 4.90 Å². The van der Waals surface area contributed by atoms with E-state index in [9.17, 15) is 0 Å². The normalized spacial score (nSPS) is 13.7. The van der Waals surface area contributed by atoms with Gasteiger partial charge in [0.1, 0.15) is 6.23 Å². The molecule has 0 N–H and O–H groups in total. The Bertz CT molecular complexity index is 249. The molecule has 0 spiro atoms. The third-order valence-corrected chi connectivity index (χ3v) is 7.06. The van der Waals surface area contributed by atoms with Crippen LogP contribution in [0.3, 0.4) is 0 Å². The quantitative estimate of drug-likeness (QED) is 0.240. The van der Waals surface area contributed by atoms with E-state index in [0.29, 0.717) is 0 Å². The predicted octanol–water partition coefficient (Wildman–Crippen LogP) is 3.91. The van der Waals surface area contributed by atoms with Crippen LogP contribution in [0.15, 0.2) is 0 Å². The van der Waals surface area contributed by atoms with E-state index in [1.807, 2.05) is 0 Å². The van der Waals surface area contributed by atoms with Gasteiger partial charge in [-0.1, -0.05) is 33.6 Å². The number of rotatable bonds is 16. The highest BCUT2D eigenvalue weighted by molar-refractivity contribution is 6.60. The smallest absolute Gasteiger partial charge is 0.377 e. The van der Waals surface area contributed by atoms with Crippen molar-refractivity contribution in [1.82, 2.24) is 4.90 Å². The molecule has 0 aliphatic carbocycles. The molecular formula is C17H39NO4Si. The molecule has 0 aromatic rings. The molecule has 0 aliphatic rings. The first-order valence-corrected chi connectivity index (χ1v) is 11.1. The maximum Gasteiger partial charge on any atom is 0.500 e. The van der Waals surface area contributed by atoms with Gasteiger partial charge in [0.15, 0.2) is 0 Å². The summed E-state index contributed by atoms with van der Waals surface area (Å²) in [5.41, 5.74) is 0. The maximum absolute atomic E-state index is 6.16. The Morgan fingerprint density at radius 1 is 0.826 bits per heavy atom. The molecule has 0 bridgehead atoms. The number of hydrogen-bond donors (Lipinski definition) is 0. The first kappa shape index (κ1) is 23.0. The van der Waals surface area contributed by atoms with E-state index < -0.39 is 8.80 Å². The Hall–Kier alpha value is 0.0169. The standard InChI is InChI=1S/C17H39NO4Si/c1-7-10-13-18(14-11-8-2)17(9-3)22-15-12-16-23(19-4,20-5)21-6/h17H,7-16H2,1-6H3. The van der Waals surface area contributed by atoms with Crippen LogP contribution in [0.2, 0.25) is 6.04 Å². The zero-order chi connectivity index (χ0) is 17.6. The molecule has 0 radical (unpaired) electrons. The van der Waals surface area contributed by atoms with Gasteiger partial charge in [-0.15, -0.1) is 0 Å². The highest BCUT2D eigenvalue weighted by Crippen LogP contribution is 2.16. The van der Waals surface area contributed by atoms with Crippen LogP contribution < -0.4 is 0 Å². The third-order valence-electron chi connectivity index (χ3n) is 4.22. The molecule has 0 heterocycles. The average molecular weight is 350 g/mol. The molecule has 140 valence electrons. The van der Waals surface area contributed by atoms with Gasteiger partial charge in [-0.05, 0) is 25.7 Å². The molecule has 0 fully saturated rings. The summed E-state index contributed by atoms with van der Waals surface area (Å²) in [6.45, 7) is 9.66. The van der Waals surface area contributed by atoms with Gasteiger partial charge in [0.2, 0.25) is 0 Å². The van der Waals surface area contributed by atoms with Gasteiger partial charge in [-0.25, -0.2) is 0 Å². The van der Waals surface area contributed by atoms with Gasteiger partial charge in [0, 0.05) is 47.1 Å². The predicted molar refractivity (Wildman–Crippen MR) is 97.6 cm³/mol.